The first kappa shape index (κ1) is 16.2. The number of aryl methyl sites for hydroxylation is 1. The molecule has 0 radical (unpaired) electrons. The van der Waals surface area contributed by atoms with Crippen molar-refractivity contribution in [2.75, 3.05) is 11.9 Å². The third-order valence-electron chi connectivity index (χ3n) is 3.37. The lowest BCUT2D eigenvalue weighted by Gasteiger charge is -2.26. The highest BCUT2D eigenvalue weighted by Crippen LogP contribution is 2.15. The molecule has 1 atom stereocenters. The minimum absolute atomic E-state index is 0.0180. The number of hydrogen-bond donors (Lipinski definition) is 1. The largest absolute Gasteiger partial charge is 0.339 e. The lowest BCUT2D eigenvalue weighted by atomic mass is 10.0. The number of carbonyl (C=O) groups excluding carboxylic acids is 2. The standard InChI is InChI=1S/C15H20N4O2S/c1-10(2)13(17-14(20)12-6-5-7-22-12)15(21)19(4)11-8-16-18(3)9-11/h5-10,13H,1-4H3,(H,17,20)/t13-/m1/s1. The lowest BCUT2D eigenvalue weighted by molar-refractivity contribution is -0.121. The molecular formula is C15H20N4O2S. The molecule has 0 fully saturated rings. The molecule has 22 heavy (non-hydrogen) atoms. The molecule has 0 saturated heterocycles. The van der Waals surface area contributed by atoms with Crippen molar-refractivity contribution in [2.24, 2.45) is 13.0 Å². The summed E-state index contributed by atoms with van der Waals surface area (Å²) in [5, 5.41) is 8.73. The number of hydrogen-bond acceptors (Lipinski definition) is 4. The van der Waals surface area contributed by atoms with Crippen molar-refractivity contribution in [3.8, 4) is 0 Å². The van der Waals surface area contributed by atoms with Crippen LogP contribution in [0.25, 0.3) is 0 Å². The average Bonchev–Trinajstić information content (AvgIpc) is 3.13. The first-order valence-corrected chi connectivity index (χ1v) is 7.88. The monoisotopic (exact) mass is 320 g/mol. The molecule has 0 aliphatic carbocycles. The highest BCUT2D eigenvalue weighted by atomic mass is 32.1. The van der Waals surface area contributed by atoms with Gasteiger partial charge >= 0.3 is 0 Å². The average molecular weight is 320 g/mol. The summed E-state index contributed by atoms with van der Waals surface area (Å²) in [7, 11) is 3.48. The molecule has 118 valence electrons. The zero-order valence-corrected chi connectivity index (χ0v) is 13.9. The van der Waals surface area contributed by atoms with Gasteiger partial charge in [0.25, 0.3) is 5.91 Å². The SMILES string of the molecule is CC(C)[C@@H](NC(=O)c1cccs1)C(=O)N(C)c1cnn(C)c1. The van der Waals surface area contributed by atoms with Gasteiger partial charge in [-0.05, 0) is 17.4 Å². The van der Waals surface area contributed by atoms with Crippen molar-refractivity contribution in [2.45, 2.75) is 19.9 Å². The van der Waals surface area contributed by atoms with Gasteiger partial charge in [-0.15, -0.1) is 11.3 Å². The Balaban J connectivity index is 2.13. The Morgan fingerprint density at radius 3 is 2.64 bits per heavy atom. The second kappa shape index (κ2) is 6.74. The number of aromatic nitrogens is 2. The molecule has 1 N–H and O–H groups in total. The Labute approximate surface area is 133 Å². The number of anilines is 1. The number of amides is 2. The summed E-state index contributed by atoms with van der Waals surface area (Å²) in [6, 6.07) is 2.97. The maximum absolute atomic E-state index is 12.7. The minimum Gasteiger partial charge on any atom is -0.339 e. The normalized spacial score (nSPS) is 12.2. The lowest BCUT2D eigenvalue weighted by Crippen LogP contribution is -2.50. The van der Waals surface area contributed by atoms with E-state index in [0.717, 1.165) is 0 Å². The van der Waals surface area contributed by atoms with E-state index >= 15 is 0 Å². The Morgan fingerprint density at radius 1 is 1.41 bits per heavy atom. The number of likely N-dealkylation sites (N-methyl/N-ethyl adjacent to an activating group) is 1. The van der Waals surface area contributed by atoms with Gasteiger partial charge in [0.05, 0.1) is 16.8 Å². The second-order valence-corrected chi connectivity index (χ2v) is 6.39. The van der Waals surface area contributed by atoms with Crippen LogP contribution in [-0.2, 0) is 11.8 Å². The van der Waals surface area contributed by atoms with E-state index in [1.54, 1.807) is 37.2 Å². The molecular weight excluding hydrogens is 300 g/mol. The fourth-order valence-electron chi connectivity index (χ4n) is 2.05. The van der Waals surface area contributed by atoms with Crippen LogP contribution in [-0.4, -0.2) is 34.7 Å². The first-order valence-electron chi connectivity index (χ1n) is 7.00. The van der Waals surface area contributed by atoms with Crippen molar-refractivity contribution >= 4 is 28.8 Å². The van der Waals surface area contributed by atoms with E-state index in [1.807, 2.05) is 25.3 Å². The molecule has 2 rings (SSSR count). The zero-order chi connectivity index (χ0) is 16.3. The van der Waals surface area contributed by atoms with Gasteiger partial charge in [0.1, 0.15) is 6.04 Å². The van der Waals surface area contributed by atoms with Crippen LogP contribution in [0.4, 0.5) is 5.69 Å². The van der Waals surface area contributed by atoms with Gasteiger partial charge in [-0.2, -0.15) is 5.10 Å². The van der Waals surface area contributed by atoms with Crippen LogP contribution in [0.3, 0.4) is 0 Å². The Bertz CT molecular complexity index is 648. The Hall–Kier alpha value is -2.15. The highest BCUT2D eigenvalue weighted by Gasteiger charge is 2.28. The van der Waals surface area contributed by atoms with E-state index in [4.69, 9.17) is 0 Å². The predicted octanol–water partition coefficient (Wildman–Crippen LogP) is 1.90. The second-order valence-electron chi connectivity index (χ2n) is 5.44. The third-order valence-corrected chi connectivity index (χ3v) is 4.24. The summed E-state index contributed by atoms with van der Waals surface area (Å²) < 4.78 is 1.63. The Morgan fingerprint density at radius 2 is 2.14 bits per heavy atom. The van der Waals surface area contributed by atoms with Gasteiger partial charge in [-0.3, -0.25) is 14.3 Å². The fourth-order valence-corrected chi connectivity index (χ4v) is 2.68. The van der Waals surface area contributed by atoms with Crippen LogP contribution in [0, 0.1) is 5.92 Å². The Kier molecular flexibility index (Phi) is 4.97. The first-order chi connectivity index (χ1) is 10.4. The van der Waals surface area contributed by atoms with Gasteiger partial charge in [-0.25, -0.2) is 0 Å². The molecule has 2 heterocycles. The predicted molar refractivity (Wildman–Crippen MR) is 87.0 cm³/mol. The smallest absolute Gasteiger partial charge is 0.262 e. The van der Waals surface area contributed by atoms with E-state index in [0.29, 0.717) is 10.6 Å². The molecule has 6 nitrogen and oxygen atoms in total. The zero-order valence-electron chi connectivity index (χ0n) is 13.1. The summed E-state index contributed by atoms with van der Waals surface area (Å²) in [6.07, 6.45) is 3.38. The van der Waals surface area contributed by atoms with Crippen molar-refractivity contribution < 1.29 is 9.59 Å². The van der Waals surface area contributed by atoms with Crippen LogP contribution in [0.1, 0.15) is 23.5 Å². The highest BCUT2D eigenvalue weighted by molar-refractivity contribution is 7.12. The number of carbonyl (C=O) groups is 2. The number of nitrogens with zero attached hydrogens (tertiary/aromatic N) is 3. The fraction of sp³-hybridized carbons (Fsp3) is 0.400. The van der Waals surface area contributed by atoms with Crippen molar-refractivity contribution in [1.82, 2.24) is 15.1 Å². The van der Waals surface area contributed by atoms with E-state index in [2.05, 4.69) is 10.4 Å². The van der Waals surface area contributed by atoms with Crippen molar-refractivity contribution in [3.05, 3.63) is 34.8 Å². The summed E-state index contributed by atoms with van der Waals surface area (Å²) in [5.74, 6) is -0.398. The maximum atomic E-state index is 12.7. The molecule has 0 bridgehead atoms. The van der Waals surface area contributed by atoms with Gasteiger partial charge in [0.2, 0.25) is 5.91 Å². The molecule has 2 amide bonds. The van der Waals surface area contributed by atoms with Crippen molar-refractivity contribution in [3.63, 3.8) is 0 Å². The molecule has 0 aliphatic rings. The van der Waals surface area contributed by atoms with E-state index in [9.17, 15) is 9.59 Å². The topological polar surface area (TPSA) is 67.2 Å². The van der Waals surface area contributed by atoms with E-state index in [-0.39, 0.29) is 17.7 Å². The van der Waals surface area contributed by atoms with Gasteiger partial charge < -0.3 is 10.2 Å². The molecule has 0 unspecified atom stereocenters. The van der Waals surface area contributed by atoms with Crippen LogP contribution < -0.4 is 10.2 Å². The summed E-state index contributed by atoms with van der Waals surface area (Å²) in [4.78, 5) is 27.0. The van der Waals surface area contributed by atoms with Crippen LogP contribution in [0.15, 0.2) is 29.9 Å². The molecule has 0 spiro atoms. The molecule has 2 aromatic rings. The maximum Gasteiger partial charge on any atom is 0.262 e. The summed E-state index contributed by atoms with van der Waals surface area (Å²) in [5.41, 5.74) is 0.698. The number of nitrogens with one attached hydrogen (secondary N) is 1. The molecule has 2 aromatic heterocycles. The molecule has 0 aromatic carbocycles. The number of rotatable bonds is 5. The van der Waals surface area contributed by atoms with Gasteiger partial charge in [-0.1, -0.05) is 19.9 Å². The van der Waals surface area contributed by atoms with Crippen LogP contribution in [0.5, 0.6) is 0 Å². The summed E-state index contributed by atoms with van der Waals surface area (Å²) >= 11 is 1.35. The quantitative estimate of drug-likeness (QED) is 0.915. The van der Waals surface area contributed by atoms with Crippen LogP contribution >= 0.6 is 11.3 Å². The molecule has 0 aliphatic heterocycles. The molecule has 0 saturated carbocycles. The van der Waals surface area contributed by atoms with Gasteiger partial charge in [0, 0.05) is 20.3 Å². The van der Waals surface area contributed by atoms with Gasteiger partial charge in [0.15, 0.2) is 0 Å². The van der Waals surface area contributed by atoms with Crippen LogP contribution in [0.2, 0.25) is 0 Å². The van der Waals surface area contributed by atoms with Crippen molar-refractivity contribution in [1.29, 1.82) is 0 Å². The summed E-state index contributed by atoms with van der Waals surface area (Å²) in [6.45, 7) is 3.82. The minimum atomic E-state index is -0.584. The number of thiophene rings is 1. The van der Waals surface area contributed by atoms with E-state index in [1.165, 1.54) is 16.2 Å². The molecule has 7 heteroatoms. The third kappa shape index (κ3) is 3.54. The van der Waals surface area contributed by atoms with E-state index < -0.39 is 6.04 Å².